The van der Waals surface area contributed by atoms with Gasteiger partial charge in [-0.1, -0.05) is 18.0 Å². The van der Waals surface area contributed by atoms with Gasteiger partial charge in [0.15, 0.2) is 5.82 Å². The Balaban J connectivity index is 1.88. The molecule has 1 aromatic carbocycles. The van der Waals surface area contributed by atoms with E-state index < -0.39 is 0 Å². The van der Waals surface area contributed by atoms with Crippen molar-refractivity contribution in [2.24, 2.45) is 0 Å². The molecule has 1 atom stereocenters. The van der Waals surface area contributed by atoms with Crippen LogP contribution in [0.1, 0.15) is 53.5 Å². The maximum absolute atomic E-state index is 12.8. The lowest BCUT2D eigenvalue weighted by molar-refractivity contribution is 0.0670. The summed E-state index contributed by atoms with van der Waals surface area (Å²) in [6.45, 7) is 0.679. The third-order valence-corrected chi connectivity index (χ3v) is 3.95. The second kappa shape index (κ2) is 6.39. The topological polar surface area (TPSA) is 83.0 Å². The normalized spacial score (nSPS) is 18.5. The van der Waals surface area contributed by atoms with Crippen molar-refractivity contribution in [1.82, 2.24) is 15.0 Å². The number of nitriles is 1. The van der Waals surface area contributed by atoms with Crippen LogP contribution in [0.4, 0.5) is 0 Å². The van der Waals surface area contributed by atoms with Gasteiger partial charge in [0, 0.05) is 12.1 Å². The van der Waals surface area contributed by atoms with Crippen molar-refractivity contribution in [3.05, 3.63) is 47.6 Å². The quantitative estimate of drug-likeness (QED) is 0.850. The molecule has 1 fully saturated rings. The summed E-state index contributed by atoms with van der Waals surface area (Å²) in [5.74, 6) is 0.505. The van der Waals surface area contributed by atoms with E-state index in [0.29, 0.717) is 23.5 Å². The molecule has 6 heteroatoms. The average Bonchev–Trinajstić information content (AvgIpc) is 2.99. The molecule has 1 aliphatic heterocycles. The van der Waals surface area contributed by atoms with Crippen molar-refractivity contribution in [2.45, 2.75) is 31.7 Å². The zero-order valence-corrected chi connectivity index (χ0v) is 12.1. The average molecular weight is 296 g/mol. The number of likely N-dealkylation sites (tertiary alicyclic amines) is 1. The van der Waals surface area contributed by atoms with Crippen LogP contribution >= 0.6 is 0 Å². The van der Waals surface area contributed by atoms with Gasteiger partial charge in [0.25, 0.3) is 5.91 Å². The van der Waals surface area contributed by atoms with Gasteiger partial charge >= 0.3 is 0 Å². The van der Waals surface area contributed by atoms with Gasteiger partial charge in [-0.25, -0.2) is 0 Å². The van der Waals surface area contributed by atoms with Crippen LogP contribution in [0.25, 0.3) is 0 Å². The molecule has 2 heterocycles. The van der Waals surface area contributed by atoms with Crippen molar-refractivity contribution in [2.75, 3.05) is 6.54 Å². The largest absolute Gasteiger partial charge is 0.343 e. The maximum atomic E-state index is 12.8. The van der Waals surface area contributed by atoms with E-state index in [1.807, 2.05) is 4.90 Å². The van der Waals surface area contributed by atoms with Crippen LogP contribution in [-0.4, -0.2) is 27.5 Å². The van der Waals surface area contributed by atoms with Crippen LogP contribution in [0, 0.1) is 11.3 Å². The zero-order valence-electron chi connectivity index (χ0n) is 12.1. The molecule has 0 radical (unpaired) electrons. The number of rotatable bonds is 2. The molecular weight excluding hydrogens is 280 g/mol. The first-order valence-corrected chi connectivity index (χ1v) is 7.37. The van der Waals surface area contributed by atoms with Gasteiger partial charge in [-0.15, -0.1) is 0 Å². The van der Waals surface area contributed by atoms with E-state index in [0.717, 1.165) is 25.7 Å². The highest BCUT2D eigenvalue weighted by atomic mass is 16.5. The van der Waals surface area contributed by atoms with Gasteiger partial charge in [-0.2, -0.15) is 10.2 Å². The SMILES string of the molecule is N#Cc1ccc(C(=O)N2CCCCC[C@H]2c2ncon2)cc1. The lowest BCUT2D eigenvalue weighted by atomic mass is 10.1. The number of carbonyl (C=O) groups is 1. The molecule has 6 nitrogen and oxygen atoms in total. The monoisotopic (exact) mass is 296 g/mol. The lowest BCUT2D eigenvalue weighted by Crippen LogP contribution is -2.35. The van der Waals surface area contributed by atoms with Gasteiger partial charge in [0.1, 0.15) is 0 Å². The summed E-state index contributed by atoms with van der Waals surface area (Å²) in [6, 6.07) is 8.62. The molecule has 22 heavy (non-hydrogen) atoms. The highest BCUT2D eigenvalue weighted by Gasteiger charge is 2.30. The zero-order chi connectivity index (χ0) is 15.4. The molecule has 0 N–H and O–H groups in total. The number of hydrogen-bond donors (Lipinski definition) is 0. The standard InChI is InChI=1S/C16H16N4O2/c17-10-12-5-7-13(8-6-12)16(21)20-9-3-1-2-4-14(20)15-18-11-22-19-15/h5-8,11,14H,1-4,9H2/t14-/m0/s1. The van der Waals surface area contributed by atoms with Crippen LogP contribution in [0.3, 0.4) is 0 Å². The molecule has 1 saturated heterocycles. The van der Waals surface area contributed by atoms with Crippen LogP contribution in [0.5, 0.6) is 0 Å². The van der Waals surface area contributed by atoms with E-state index in [2.05, 4.69) is 16.2 Å². The molecule has 0 saturated carbocycles. The second-order valence-corrected chi connectivity index (χ2v) is 5.34. The smallest absolute Gasteiger partial charge is 0.254 e. The fraction of sp³-hybridized carbons (Fsp3) is 0.375. The molecule has 0 unspecified atom stereocenters. The van der Waals surface area contributed by atoms with E-state index in [1.165, 1.54) is 6.39 Å². The number of hydrogen-bond acceptors (Lipinski definition) is 5. The third kappa shape index (κ3) is 2.84. The number of amides is 1. The lowest BCUT2D eigenvalue weighted by Gasteiger charge is -2.27. The summed E-state index contributed by atoms with van der Waals surface area (Å²) < 4.78 is 4.84. The minimum atomic E-state index is -0.149. The van der Waals surface area contributed by atoms with Gasteiger partial charge in [-0.05, 0) is 37.1 Å². The maximum Gasteiger partial charge on any atom is 0.254 e. The van der Waals surface area contributed by atoms with Gasteiger partial charge in [-0.3, -0.25) is 4.79 Å². The molecule has 1 amide bonds. The van der Waals surface area contributed by atoms with E-state index in [1.54, 1.807) is 24.3 Å². The molecular formula is C16H16N4O2. The Morgan fingerprint density at radius 2 is 2.09 bits per heavy atom. The third-order valence-electron chi connectivity index (χ3n) is 3.95. The Bertz CT molecular complexity index is 673. The van der Waals surface area contributed by atoms with Gasteiger partial charge in [0.2, 0.25) is 6.39 Å². The van der Waals surface area contributed by atoms with Crippen molar-refractivity contribution < 1.29 is 9.32 Å². The Morgan fingerprint density at radius 3 is 2.77 bits per heavy atom. The number of nitrogens with zero attached hydrogens (tertiary/aromatic N) is 4. The molecule has 0 bridgehead atoms. The van der Waals surface area contributed by atoms with E-state index in [-0.39, 0.29) is 11.9 Å². The van der Waals surface area contributed by atoms with Crippen molar-refractivity contribution >= 4 is 5.91 Å². The van der Waals surface area contributed by atoms with Crippen LogP contribution in [0.2, 0.25) is 0 Å². The predicted molar refractivity (Wildman–Crippen MR) is 77.7 cm³/mol. The Hall–Kier alpha value is -2.68. The number of aromatic nitrogens is 2. The van der Waals surface area contributed by atoms with Crippen molar-refractivity contribution in [3.8, 4) is 6.07 Å². The first-order valence-electron chi connectivity index (χ1n) is 7.37. The molecule has 3 rings (SSSR count). The summed E-state index contributed by atoms with van der Waals surface area (Å²) in [5, 5.41) is 12.8. The number of carbonyl (C=O) groups excluding carboxylic acids is 1. The summed E-state index contributed by atoms with van der Waals surface area (Å²) in [5.41, 5.74) is 1.12. The molecule has 0 spiro atoms. The van der Waals surface area contributed by atoms with E-state index in [4.69, 9.17) is 9.78 Å². The molecule has 112 valence electrons. The summed E-state index contributed by atoms with van der Waals surface area (Å²) in [4.78, 5) is 18.8. The van der Waals surface area contributed by atoms with Crippen molar-refractivity contribution in [1.29, 1.82) is 5.26 Å². The minimum Gasteiger partial charge on any atom is -0.343 e. The first kappa shape index (κ1) is 14.3. The predicted octanol–water partition coefficient (Wildman–Crippen LogP) is 2.70. The molecule has 1 aromatic heterocycles. The Kier molecular flexibility index (Phi) is 4.15. The van der Waals surface area contributed by atoms with E-state index >= 15 is 0 Å². The second-order valence-electron chi connectivity index (χ2n) is 5.34. The van der Waals surface area contributed by atoms with Crippen LogP contribution in [0.15, 0.2) is 35.2 Å². The van der Waals surface area contributed by atoms with E-state index in [9.17, 15) is 4.79 Å². The fourth-order valence-corrected chi connectivity index (χ4v) is 2.80. The fourth-order valence-electron chi connectivity index (χ4n) is 2.80. The summed E-state index contributed by atoms with van der Waals surface area (Å²) in [6.07, 6.45) is 5.23. The molecule has 0 aliphatic carbocycles. The molecule has 1 aliphatic rings. The Labute approximate surface area is 128 Å². The number of benzene rings is 1. The van der Waals surface area contributed by atoms with Crippen molar-refractivity contribution in [3.63, 3.8) is 0 Å². The van der Waals surface area contributed by atoms with Crippen LogP contribution in [-0.2, 0) is 0 Å². The van der Waals surface area contributed by atoms with Gasteiger partial charge in [0.05, 0.1) is 17.7 Å². The highest BCUT2D eigenvalue weighted by Crippen LogP contribution is 2.29. The summed E-state index contributed by atoms with van der Waals surface area (Å²) >= 11 is 0. The van der Waals surface area contributed by atoms with Crippen LogP contribution < -0.4 is 0 Å². The summed E-state index contributed by atoms with van der Waals surface area (Å²) in [7, 11) is 0. The Morgan fingerprint density at radius 1 is 1.27 bits per heavy atom. The molecule has 2 aromatic rings. The highest BCUT2D eigenvalue weighted by molar-refractivity contribution is 5.94. The minimum absolute atomic E-state index is 0.0545. The first-order chi connectivity index (χ1) is 10.8. The van der Waals surface area contributed by atoms with Gasteiger partial charge < -0.3 is 9.42 Å².